The van der Waals surface area contributed by atoms with Gasteiger partial charge in [0, 0.05) is 12.5 Å². The molecule has 0 heterocycles. The second kappa shape index (κ2) is 6.95. The predicted octanol–water partition coefficient (Wildman–Crippen LogP) is 3.24. The van der Waals surface area contributed by atoms with Crippen molar-refractivity contribution in [2.24, 2.45) is 0 Å². The van der Waals surface area contributed by atoms with E-state index in [4.69, 9.17) is 4.74 Å². The highest BCUT2D eigenvalue weighted by Crippen LogP contribution is 2.21. The lowest BCUT2D eigenvalue weighted by Crippen LogP contribution is -2.19. The minimum absolute atomic E-state index is 0.500. The minimum Gasteiger partial charge on any atom is -0.497 e. The molecule has 0 amide bonds. The monoisotopic (exact) mass is 255 g/mol. The summed E-state index contributed by atoms with van der Waals surface area (Å²) in [7, 11) is 3.70. The van der Waals surface area contributed by atoms with E-state index < -0.39 is 0 Å². The van der Waals surface area contributed by atoms with Gasteiger partial charge < -0.3 is 10.1 Å². The Morgan fingerprint density at radius 1 is 1.00 bits per heavy atom. The van der Waals surface area contributed by atoms with Crippen molar-refractivity contribution >= 4 is 0 Å². The summed E-state index contributed by atoms with van der Waals surface area (Å²) in [5.41, 5.74) is 2.72. The zero-order chi connectivity index (χ0) is 13.5. The van der Waals surface area contributed by atoms with Crippen molar-refractivity contribution in [2.45, 2.75) is 12.3 Å². The Labute approximate surface area is 115 Å². The van der Waals surface area contributed by atoms with Crippen LogP contribution < -0.4 is 10.1 Å². The van der Waals surface area contributed by atoms with Gasteiger partial charge in [-0.15, -0.1) is 0 Å². The Morgan fingerprint density at radius 3 is 2.26 bits per heavy atom. The van der Waals surface area contributed by atoms with Crippen LogP contribution >= 0.6 is 0 Å². The summed E-state index contributed by atoms with van der Waals surface area (Å²) in [6.07, 6.45) is 1.04. The first kappa shape index (κ1) is 13.6. The molecule has 2 aromatic carbocycles. The van der Waals surface area contributed by atoms with Crippen LogP contribution in [0.25, 0.3) is 0 Å². The molecule has 0 saturated carbocycles. The molecule has 0 bridgehead atoms. The molecule has 1 N–H and O–H groups in total. The molecule has 2 rings (SSSR count). The largest absolute Gasteiger partial charge is 0.497 e. The van der Waals surface area contributed by atoms with Crippen LogP contribution in [0.3, 0.4) is 0 Å². The zero-order valence-electron chi connectivity index (χ0n) is 11.6. The summed E-state index contributed by atoms with van der Waals surface area (Å²) in [6.45, 7) is 0.982. The van der Waals surface area contributed by atoms with Crippen LogP contribution in [0.15, 0.2) is 54.6 Å². The standard InChI is InChI=1S/C17H21NO/c1-18-13-16(15-6-4-3-5-7-15)12-14-8-10-17(19-2)11-9-14/h3-11,16,18H,12-13H2,1-2H3. The maximum Gasteiger partial charge on any atom is 0.118 e. The van der Waals surface area contributed by atoms with Gasteiger partial charge in [0.05, 0.1) is 7.11 Å². The van der Waals surface area contributed by atoms with Crippen LogP contribution in [-0.4, -0.2) is 20.7 Å². The highest BCUT2D eigenvalue weighted by atomic mass is 16.5. The fourth-order valence-electron chi connectivity index (χ4n) is 2.33. The second-order valence-electron chi connectivity index (χ2n) is 4.72. The normalized spacial score (nSPS) is 12.1. The van der Waals surface area contributed by atoms with Gasteiger partial charge in [0.2, 0.25) is 0 Å². The van der Waals surface area contributed by atoms with Crippen LogP contribution in [-0.2, 0) is 6.42 Å². The lowest BCUT2D eigenvalue weighted by atomic mass is 9.92. The molecule has 0 saturated heterocycles. The van der Waals surface area contributed by atoms with Gasteiger partial charge in [0.25, 0.3) is 0 Å². The van der Waals surface area contributed by atoms with E-state index >= 15 is 0 Å². The molecule has 100 valence electrons. The Kier molecular flexibility index (Phi) is 4.99. The highest BCUT2D eigenvalue weighted by molar-refractivity contribution is 5.30. The van der Waals surface area contributed by atoms with Gasteiger partial charge in [-0.1, -0.05) is 42.5 Å². The maximum atomic E-state index is 5.19. The van der Waals surface area contributed by atoms with Crippen LogP contribution in [0.4, 0.5) is 0 Å². The Morgan fingerprint density at radius 2 is 1.68 bits per heavy atom. The van der Waals surface area contributed by atoms with Gasteiger partial charge in [-0.05, 0) is 36.7 Å². The summed E-state index contributed by atoms with van der Waals surface area (Å²) < 4.78 is 5.19. The molecule has 0 spiro atoms. The molecule has 0 aromatic heterocycles. The molecule has 1 atom stereocenters. The number of benzene rings is 2. The molecule has 0 aliphatic carbocycles. The van der Waals surface area contributed by atoms with Crippen molar-refractivity contribution in [3.05, 3.63) is 65.7 Å². The summed E-state index contributed by atoms with van der Waals surface area (Å²) in [4.78, 5) is 0. The first-order valence-electron chi connectivity index (χ1n) is 6.66. The number of hydrogen-bond donors (Lipinski definition) is 1. The van der Waals surface area contributed by atoms with Crippen LogP contribution in [0.2, 0.25) is 0 Å². The quantitative estimate of drug-likeness (QED) is 0.855. The number of ether oxygens (including phenoxy) is 1. The molecule has 0 aliphatic heterocycles. The van der Waals surface area contributed by atoms with Crippen LogP contribution in [0.1, 0.15) is 17.0 Å². The molecule has 2 heteroatoms. The summed E-state index contributed by atoms with van der Waals surface area (Å²) >= 11 is 0. The van der Waals surface area contributed by atoms with Crippen molar-refractivity contribution in [1.29, 1.82) is 0 Å². The van der Waals surface area contributed by atoms with Crippen LogP contribution in [0, 0.1) is 0 Å². The summed E-state index contributed by atoms with van der Waals surface area (Å²) in [5, 5.41) is 3.28. The Balaban J connectivity index is 2.11. The number of likely N-dealkylation sites (N-methyl/N-ethyl adjacent to an activating group) is 1. The first-order valence-corrected chi connectivity index (χ1v) is 6.66. The van der Waals surface area contributed by atoms with Crippen molar-refractivity contribution in [2.75, 3.05) is 20.7 Å². The molecular formula is C17H21NO. The molecule has 0 radical (unpaired) electrons. The lowest BCUT2D eigenvalue weighted by Gasteiger charge is -2.17. The van der Waals surface area contributed by atoms with Gasteiger partial charge >= 0.3 is 0 Å². The van der Waals surface area contributed by atoms with Gasteiger partial charge in [-0.2, -0.15) is 0 Å². The maximum absolute atomic E-state index is 5.19. The SMILES string of the molecule is CNCC(Cc1ccc(OC)cc1)c1ccccc1. The fraction of sp³-hybridized carbons (Fsp3) is 0.294. The smallest absolute Gasteiger partial charge is 0.118 e. The zero-order valence-corrected chi connectivity index (χ0v) is 11.6. The number of nitrogens with one attached hydrogen (secondary N) is 1. The molecular weight excluding hydrogens is 234 g/mol. The first-order chi connectivity index (χ1) is 9.33. The summed E-state index contributed by atoms with van der Waals surface area (Å²) in [5.74, 6) is 1.41. The lowest BCUT2D eigenvalue weighted by molar-refractivity contribution is 0.414. The van der Waals surface area contributed by atoms with Gasteiger partial charge in [0.15, 0.2) is 0 Å². The van der Waals surface area contributed by atoms with E-state index in [1.54, 1.807) is 7.11 Å². The average Bonchev–Trinajstić information content (AvgIpc) is 2.48. The third kappa shape index (κ3) is 3.83. The van der Waals surface area contributed by atoms with Crippen molar-refractivity contribution < 1.29 is 4.74 Å². The predicted molar refractivity (Wildman–Crippen MR) is 79.8 cm³/mol. The summed E-state index contributed by atoms with van der Waals surface area (Å²) in [6, 6.07) is 19.0. The Hall–Kier alpha value is -1.80. The topological polar surface area (TPSA) is 21.3 Å². The van der Waals surface area contributed by atoms with Gasteiger partial charge in [0.1, 0.15) is 5.75 Å². The number of rotatable bonds is 6. The van der Waals surface area contributed by atoms with E-state index in [2.05, 4.69) is 47.8 Å². The second-order valence-corrected chi connectivity index (χ2v) is 4.72. The van der Waals surface area contributed by atoms with E-state index in [0.717, 1.165) is 18.7 Å². The van der Waals surface area contributed by atoms with E-state index in [1.807, 2.05) is 19.2 Å². The molecule has 1 unspecified atom stereocenters. The van der Waals surface area contributed by atoms with Crippen molar-refractivity contribution in [3.63, 3.8) is 0 Å². The van der Waals surface area contributed by atoms with E-state index in [-0.39, 0.29) is 0 Å². The third-order valence-corrected chi connectivity index (χ3v) is 3.36. The third-order valence-electron chi connectivity index (χ3n) is 3.36. The highest BCUT2D eigenvalue weighted by Gasteiger charge is 2.11. The average molecular weight is 255 g/mol. The molecule has 2 nitrogen and oxygen atoms in total. The Bertz CT molecular complexity index is 478. The molecule has 0 aliphatic rings. The van der Waals surface area contributed by atoms with Gasteiger partial charge in [-0.3, -0.25) is 0 Å². The fourth-order valence-corrected chi connectivity index (χ4v) is 2.33. The van der Waals surface area contributed by atoms with E-state index in [0.29, 0.717) is 5.92 Å². The minimum atomic E-state index is 0.500. The van der Waals surface area contributed by atoms with Crippen LogP contribution in [0.5, 0.6) is 5.75 Å². The van der Waals surface area contributed by atoms with Crippen molar-refractivity contribution in [1.82, 2.24) is 5.32 Å². The van der Waals surface area contributed by atoms with Crippen molar-refractivity contribution in [3.8, 4) is 5.75 Å². The number of hydrogen-bond acceptors (Lipinski definition) is 2. The van der Waals surface area contributed by atoms with Gasteiger partial charge in [-0.25, -0.2) is 0 Å². The molecule has 0 fully saturated rings. The number of methoxy groups -OCH3 is 1. The molecule has 19 heavy (non-hydrogen) atoms. The molecule has 2 aromatic rings. The van der Waals surface area contributed by atoms with E-state index in [9.17, 15) is 0 Å². The van der Waals surface area contributed by atoms with E-state index in [1.165, 1.54) is 11.1 Å².